The number of aromatic nitrogens is 3. The van der Waals surface area contributed by atoms with Crippen molar-refractivity contribution in [2.45, 2.75) is 32.6 Å². The molecule has 1 atom stereocenters. The van der Waals surface area contributed by atoms with Crippen molar-refractivity contribution in [1.29, 1.82) is 0 Å². The van der Waals surface area contributed by atoms with E-state index in [2.05, 4.69) is 15.1 Å². The first-order valence-electron chi connectivity index (χ1n) is 6.65. The summed E-state index contributed by atoms with van der Waals surface area (Å²) in [7, 11) is 0. The van der Waals surface area contributed by atoms with Crippen LogP contribution in [0.5, 0.6) is 0 Å². The largest absolute Gasteiger partial charge is 0.340 e. The number of nitrogens with zero attached hydrogens (tertiary/aromatic N) is 4. The summed E-state index contributed by atoms with van der Waals surface area (Å²) in [5.41, 5.74) is 0. The number of piperidine rings is 1. The van der Waals surface area contributed by atoms with E-state index in [0.29, 0.717) is 23.1 Å². The van der Waals surface area contributed by atoms with Gasteiger partial charge in [0, 0.05) is 25.9 Å². The highest BCUT2D eigenvalue weighted by atomic mass is 32.1. The maximum Gasteiger partial charge on any atom is 0.265 e. The lowest BCUT2D eigenvalue weighted by Crippen LogP contribution is -2.39. The molecule has 0 aliphatic carbocycles. The van der Waals surface area contributed by atoms with Gasteiger partial charge < -0.3 is 9.42 Å². The van der Waals surface area contributed by atoms with Gasteiger partial charge in [-0.05, 0) is 19.8 Å². The summed E-state index contributed by atoms with van der Waals surface area (Å²) in [6, 6.07) is 0. The van der Waals surface area contributed by atoms with Gasteiger partial charge in [-0.25, -0.2) is 4.98 Å². The summed E-state index contributed by atoms with van der Waals surface area (Å²) >= 11 is 1.44. The Labute approximate surface area is 120 Å². The molecule has 1 amide bonds. The molecule has 0 unspecified atom stereocenters. The van der Waals surface area contributed by atoms with E-state index in [1.54, 1.807) is 13.1 Å². The van der Waals surface area contributed by atoms with Crippen molar-refractivity contribution in [3.05, 3.63) is 27.8 Å². The number of carbonyl (C=O) groups is 1. The second kappa shape index (κ2) is 5.32. The average Bonchev–Trinajstić information content (AvgIpc) is 3.07. The molecule has 0 aromatic carbocycles. The van der Waals surface area contributed by atoms with Crippen LogP contribution in [0.15, 0.2) is 10.7 Å². The monoisotopic (exact) mass is 292 g/mol. The lowest BCUT2D eigenvalue weighted by atomic mass is 9.97. The summed E-state index contributed by atoms with van der Waals surface area (Å²) in [5.74, 6) is 1.50. The minimum absolute atomic E-state index is 0.0560. The Hall–Kier alpha value is -1.76. The average molecular weight is 292 g/mol. The Morgan fingerprint density at radius 3 is 3.00 bits per heavy atom. The summed E-state index contributed by atoms with van der Waals surface area (Å²) in [4.78, 5) is 23.4. The van der Waals surface area contributed by atoms with E-state index in [0.717, 1.165) is 24.4 Å². The van der Waals surface area contributed by atoms with Gasteiger partial charge in [-0.3, -0.25) is 4.79 Å². The fourth-order valence-corrected chi connectivity index (χ4v) is 3.21. The zero-order valence-corrected chi connectivity index (χ0v) is 12.3. The van der Waals surface area contributed by atoms with Crippen molar-refractivity contribution in [3.63, 3.8) is 0 Å². The maximum atomic E-state index is 12.4. The molecule has 0 spiro atoms. The summed E-state index contributed by atoms with van der Waals surface area (Å²) in [5, 5.41) is 4.89. The Bertz CT molecular complexity index is 621. The van der Waals surface area contributed by atoms with Gasteiger partial charge in [-0.15, -0.1) is 11.3 Å². The zero-order valence-electron chi connectivity index (χ0n) is 11.5. The normalized spacial score (nSPS) is 19.3. The van der Waals surface area contributed by atoms with E-state index in [1.165, 1.54) is 11.3 Å². The topological polar surface area (TPSA) is 72.1 Å². The second-order valence-electron chi connectivity index (χ2n) is 5.01. The van der Waals surface area contributed by atoms with Crippen molar-refractivity contribution in [1.82, 2.24) is 20.0 Å². The third-order valence-corrected chi connectivity index (χ3v) is 4.35. The van der Waals surface area contributed by atoms with E-state index in [-0.39, 0.29) is 11.8 Å². The van der Waals surface area contributed by atoms with Crippen molar-refractivity contribution >= 4 is 17.2 Å². The second-order valence-corrected chi connectivity index (χ2v) is 6.24. The summed E-state index contributed by atoms with van der Waals surface area (Å²) in [6.45, 7) is 5.11. The highest BCUT2D eigenvalue weighted by Crippen LogP contribution is 2.26. The molecule has 7 heteroatoms. The molecule has 3 heterocycles. The first kappa shape index (κ1) is 13.2. The van der Waals surface area contributed by atoms with Gasteiger partial charge in [0.2, 0.25) is 5.89 Å². The third kappa shape index (κ3) is 2.58. The van der Waals surface area contributed by atoms with E-state index in [1.807, 2.05) is 11.8 Å². The van der Waals surface area contributed by atoms with E-state index < -0.39 is 0 Å². The first-order chi connectivity index (χ1) is 9.63. The van der Waals surface area contributed by atoms with Gasteiger partial charge in [0.1, 0.15) is 4.88 Å². The minimum Gasteiger partial charge on any atom is -0.340 e. The summed E-state index contributed by atoms with van der Waals surface area (Å²) in [6.07, 6.45) is 3.61. The van der Waals surface area contributed by atoms with E-state index >= 15 is 0 Å². The van der Waals surface area contributed by atoms with Crippen LogP contribution in [0.25, 0.3) is 0 Å². The minimum atomic E-state index is 0.0560. The van der Waals surface area contributed by atoms with Gasteiger partial charge in [0.05, 0.1) is 11.2 Å². The van der Waals surface area contributed by atoms with E-state index in [9.17, 15) is 4.79 Å². The summed E-state index contributed by atoms with van der Waals surface area (Å²) < 4.78 is 5.03. The molecule has 0 saturated carbocycles. The molecule has 3 rings (SSSR count). The maximum absolute atomic E-state index is 12.4. The number of hydrogen-bond donors (Lipinski definition) is 0. The molecule has 106 valence electrons. The Kier molecular flexibility index (Phi) is 3.52. The lowest BCUT2D eigenvalue weighted by molar-refractivity contribution is 0.0708. The van der Waals surface area contributed by atoms with Crippen molar-refractivity contribution in [3.8, 4) is 0 Å². The van der Waals surface area contributed by atoms with Gasteiger partial charge >= 0.3 is 0 Å². The van der Waals surface area contributed by atoms with Crippen LogP contribution >= 0.6 is 11.3 Å². The zero-order chi connectivity index (χ0) is 14.1. The number of thiazole rings is 1. The van der Waals surface area contributed by atoms with Gasteiger partial charge in [-0.2, -0.15) is 4.98 Å². The Balaban J connectivity index is 1.73. The standard InChI is InChI=1S/C13H16N4O2S/c1-8-15-12(16-19-8)10-4-3-5-17(7-10)13(18)11-6-14-9(2)20-11/h6,10H,3-5,7H2,1-2H3/t10-/m0/s1. The molecule has 6 nitrogen and oxygen atoms in total. The molecule has 2 aromatic heterocycles. The fourth-order valence-electron chi connectivity index (χ4n) is 2.47. The fraction of sp³-hybridized carbons (Fsp3) is 0.538. The number of rotatable bonds is 2. The molecule has 20 heavy (non-hydrogen) atoms. The molecule has 1 aliphatic heterocycles. The van der Waals surface area contributed by atoms with Gasteiger partial charge in [-0.1, -0.05) is 5.16 Å². The van der Waals surface area contributed by atoms with Gasteiger partial charge in [0.25, 0.3) is 5.91 Å². The van der Waals surface area contributed by atoms with Crippen molar-refractivity contribution < 1.29 is 9.32 Å². The molecule has 1 saturated heterocycles. The molecule has 0 bridgehead atoms. The number of aryl methyl sites for hydroxylation is 2. The SMILES string of the molecule is Cc1nc([C@H]2CCCN(C(=O)c3cnc(C)s3)C2)no1. The van der Waals surface area contributed by atoms with Gasteiger partial charge in [0.15, 0.2) is 5.82 Å². The molecule has 0 radical (unpaired) electrons. The quantitative estimate of drug-likeness (QED) is 0.848. The van der Waals surface area contributed by atoms with Crippen LogP contribution in [0.1, 0.15) is 45.2 Å². The van der Waals surface area contributed by atoms with Crippen LogP contribution < -0.4 is 0 Å². The predicted molar refractivity (Wildman–Crippen MR) is 73.8 cm³/mol. The number of amides is 1. The van der Waals surface area contributed by atoms with Crippen LogP contribution in [0.4, 0.5) is 0 Å². The van der Waals surface area contributed by atoms with E-state index in [4.69, 9.17) is 4.52 Å². The highest BCUT2D eigenvalue weighted by molar-refractivity contribution is 7.13. The first-order valence-corrected chi connectivity index (χ1v) is 7.47. The molecular weight excluding hydrogens is 276 g/mol. The van der Waals surface area contributed by atoms with Crippen LogP contribution in [-0.4, -0.2) is 39.0 Å². The highest BCUT2D eigenvalue weighted by Gasteiger charge is 2.28. The molecule has 1 fully saturated rings. The third-order valence-electron chi connectivity index (χ3n) is 3.45. The van der Waals surface area contributed by atoms with Crippen LogP contribution in [0.2, 0.25) is 0 Å². The van der Waals surface area contributed by atoms with Crippen LogP contribution in [0, 0.1) is 13.8 Å². The van der Waals surface area contributed by atoms with Crippen LogP contribution in [0.3, 0.4) is 0 Å². The van der Waals surface area contributed by atoms with Crippen molar-refractivity contribution in [2.75, 3.05) is 13.1 Å². The lowest BCUT2D eigenvalue weighted by Gasteiger charge is -2.30. The smallest absolute Gasteiger partial charge is 0.265 e. The number of carbonyl (C=O) groups excluding carboxylic acids is 1. The molecule has 1 aliphatic rings. The molecular formula is C13H16N4O2S. The number of likely N-dealkylation sites (tertiary alicyclic amines) is 1. The Morgan fingerprint density at radius 1 is 1.50 bits per heavy atom. The van der Waals surface area contributed by atoms with Crippen molar-refractivity contribution in [2.24, 2.45) is 0 Å². The Morgan fingerprint density at radius 2 is 2.35 bits per heavy atom. The number of hydrogen-bond acceptors (Lipinski definition) is 6. The predicted octanol–water partition coefficient (Wildman–Crippen LogP) is 2.16. The molecule has 0 N–H and O–H groups in total. The molecule has 2 aromatic rings. The van der Waals surface area contributed by atoms with Crippen LogP contribution in [-0.2, 0) is 0 Å².